The first kappa shape index (κ1) is 12.9. The number of anilines is 1. The average Bonchev–Trinajstić information content (AvgIpc) is 2.80. The third-order valence-electron chi connectivity index (χ3n) is 2.86. The number of hydrogen-bond donors (Lipinski definition) is 2. The summed E-state index contributed by atoms with van der Waals surface area (Å²) >= 11 is 0. The number of hydrogen-bond acceptors (Lipinski definition) is 5. The molecule has 98 valence electrons. The summed E-state index contributed by atoms with van der Waals surface area (Å²) in [4.78, 5) is 6.50. The number of fused-ring (bicyclic) bond motifs is 1. The Morgan fingerprint density at radius 1 is 1.33 bits per heavy atom. The molecule has 0 aliphatic carbocycles. The molecule has 1 aromatic heterocycles. The van der Waals surface area contributed by atoms with Gasteiger partial charge in [0.05, 0.1) is 6.61 Å². The van der Waals surface area contributed by atoms with Crippen LogP contribution in [0.25, 0.3) is 11.1 Å². The molecule has 2 aromatic rings. The average molecular weight is 249 g/mol. The van der Waals surface area contributed by atoms with E-state index in [1.165, 1.54) is 0 Å². The van der Waals surface area contributed by atoms with Crippen LogP contribution >= 0.6 is 0 Å². The van der Waals surface area contributed by atoms with Crippen LogP contribution in [0.4, 0.5) is 6.01 Å². The molecule has 0 saturated carbocycles. The van der Waals surface area contributed by atoms with Gasteiger partial charge in [-0.15, -0.1) is 0 Å². The van der Waals surface area contributed by atoms with Gasteiger partial charge >= 0.3 is 0 Å². The van der Waals surface area contributed by atoms with Crippen molar-refractivity contribution < 1.29 is 9.52 Å². The van der Waals surface area contributed by atoms with Gasteiger partial charge in [-0.25, -0.2) is 0 Å². The van der Waals surface area contributed by atoms with Gasteiger partial charge in [0.2, 0.25) is 0 Å². The van der Waals surface area contributed by atoms with E-state index < -0.39 is 0 Å². The maximum atomic E-state index is 8.89. The Morgan fingerprint density at radius 3 is 2.89 bits per heavy atom. The highest BCUT2D eigenvalue weighted by Gasteiger charge is 2.05. The van der Waals surface area contributed by atoms with E-state index in [4.69, 9.17) is 9.52 Å². The second-order valence-corrected chi connectivity index (χ2v) is 4.07. The fraction of sp³-hybridized carbons (Fsp3) is 0.462. The quantitative estimate of drug-likeness (QED) is 0.779. The SMILES string of the molecule is CCN(CCO)CCNc1nc2ccccc2o1. The minimum absolute atomic E-state index is 0.191. The van der Waals surface area contributed by atoms with Crippen molar-refractivity contribution in [2.24, 2.45) is 0 Å². The molecule has 0 aliphatic heterocycles. The Kier molecular flexibility index (Phi) is 4.55. The number of aliphatic hydroxyl groups is 1. The maximum Gasteiger partial charge on any atom is 0.295 e. The lowest BCUT2D eigenvalue weighted by molar-refractivity contribution is 0.206. The highest BCUT2D eigenvalue weighted by molar-refractivity contribution is 5.74. The van der Waals surface area contributed by atoms with Crippen molar-refractivity contribution in [3.8, 4) is 0 Å². The molecule has 5 heteroatoms. The van der Waals surface area contributed by atoms with E-state index in [1.807, 2.05) is 24.3 Å². The summed E-state index contributed by atoms with van der Waals surface area (Å²) in [5.41, 5.74) is 1.66. The summed E-state index contributed by atoms with van der Waals surface area (Å²) in [7, 11) is 0. The van der Waals surface area contributed by atoms with Crippen LogP contribution in [0.2, 0.25) is 0 Å². The first-order chi connectivity index (χ1) is 8.83. The van der Waals surface area contributed by atoms with E-state index >= 15 is 0 Å². The molecular formula is C13H19N3O2. The topological polar surface area (TPSA) is 61.5 Å². The molecule has 0 amide bonds. The van der Waals surface area contributed by atoms with Crippen molar-refractivity contribution in [1.29, 1.82) is 0 Å². The summed E-state index contributed by atoms with van der Waals surface area (Å²) in [6, 6.07) is 8.24. The van der Waals surface area contributed by atoms with Crippen molar-refractivity contribution in [3.05, 3.63) is 24.3 Å². The van der Waals surface area contributed by atoms with Gasteiger partial charge in [-0.2, -0.15) is 4.98 Å². The third kappa shape index (κ3) is 3.21. The van der Waals surface area contributed by atoms with E-state index in [0.717, 1.165) is 30.7 Å². The van der Waals surface area contributed by atoms with Gasteiger partial charge < -0.3 is 14.8 Å². The number of aromatic nitrogens is 1. The minimum atomic E-state index is 0.191. The summed E-state index contributed by atoms with van der Waals surface area (Å²) < 4.78 is 5.55. The van der Waals surface area contributed by atoms with Crippen LogP contribution in [0.5, 0.6) is 0 Å². The van der Waals surface area contributed by atoms with Crippen LogP contribution in [-0.2, 0) is 0 Å². The summed E-state index contributed by atoms with van der Waals surface area (Å²) in [5.74, 6) is 0. The number of aliphatic hydroxyl groups excluding tert-OH is 1. The van der Waals surface area contributed by atoms with Crippen LogP contribution in [0.3, 0.4) is 0 Å². The van der Waals surface area contributed by atoms with Crippen molar-refractivity contribution in [3.63, 3.8) is 0 Å². The first-order valence-electron chi connectivity index (χ1n) is 6.26. The molecule has 0 spiro atoms. The van der Waals surface area contributed by atoms with Gasteiger partial charge in [-0.05, 0) is 18.7 Å². The Balaban J connectivity index is 1.86. The van der Waals surface area contributed by atoms with Gasteiger partial charge in [0.1, 0.15) is 5.52 Å². The van der Waals surface area contributed by atoms with Crippen LogP contribution in [-0.4, -0.2) is 47.8 Å². The zero-order chi connectivity index (χ0) is 12.8. The van der Waals surface area contributed by atoms with Crippen molar-refractivity contribution >= 4 is 17.1 Å². The molecule has 0 fully saturated rings. The Hall–Kier alpha value is -1.59. The van der Waals surface area contributed by atoms with E-state index in [-0.39, 0.29) is 6.61 Å². The number of para-hydroxylation sites is 2. The molecule has 1 aromatic carbocycles. The van der Waals surface area contributed by atoms with Crippen LogP contribution in [0, 0.1) is 0 Å². The minimum Gasteiger partial charge on any atom is -0.424 e. The summed E-state index contributed by atoms with van der Waals surface area (Å²) in [6.07, 6.45) is 0. The number of rotatable bonds is 7. The van der Waals surface area contributed by atoms with Gasteiger partial charge in [-0.1, -0.05) is 19.1 Å². The van der Waals surface area contributed by atoms with Crippen molar-refractivity contribution in [2.45, 2.75) is 6.92 Å². The lowest BCUT2D eigenvalue weighted by Crippen LogP contribution is -2.31. The number of oxazole rings is 1. The standard InChI is InChI=1S/C13H19N3O2/c1-2-16(9-10-17)8-7-14-13-15-11-5-3-4-6-12(11)18-13/h3-6,17H,2,7-10H2,1H3,(H,14,15). The fourth-order valence-corrected chi connectivity index (χ4v) is 1.84. The van der Waals surface area contributed by atoms with Crippen LogP contribution < -0.4 is 5.32 Å². The molecule has 0 radical (unpaired) electrons. The smallest absolute Gasteiger partial charge is 0.295 e. The van der Waals surface area contributed by atoms with E-state index in [0.29, 0.717) is 12.6 Å². The van der Waals surface area contributed by atoms with Crippen LogP contribution in [0.1, 0.15) is 6.92 Å². The van der Waals surface area contributed by atoms with E-state index in [2.05, 4.69) is 22.1 Å². The number of likely N-dealkylation sites (N-methyl/N-ethyl adjacent to an activating group) is 1. The van der Waals surface area contributed by atoms with Gasteiger partial charge in [0.15, 0.2) is 5.58 Å². The van der Waals surface area contributed by atoms with Gasteiger partial charge in [-0.3, -0.25) is 4.90 Å². The number of benzene rings is 1. The third-order valence-corrected chi connectivity index (χ3v) is 2.86. The Bertz CT molecular complexity index is 451. The second-order valence-electron chi connectivity index (χ2n) is 4.07. The van der Waals surface area contributed by atoms with Crippen molar-refractivity contribution in [1.82, 2.24) is 9.88 Å². The molecule has 2 rings (SSSR count). The summed E-state index contributed by atoms with van der Waals surface area (Å²) in [6.45, 7) is 5.50. The maximum absolute atomic E-state index is 8.89. The molecule has 0 atom stereocenters. The molecule has 5 nitrogen and oxygen atoms in total. The molecular weight excluding hydrogens is 230 g/mol. The van der Waals surface area contributed by atoms with Crippen molar-refractivity contribution in [2.75, 3.05) is 38.1 Å². The predicted molar refractivity (Wildman–Crippen MR) is 71.7 cm³/mol. The monoisotopic (exact) mass is 249 g/mol. The second kappa shape index (κ2) is 6.37. The highest BCUT2D eigenvalue weighted by Crippen LogP contribution is 2.17. The lowest BCUT2D eigenvalue weighted by Gasteiger charge is -2.18. The summed E-state index contributed by atoms with van der Waals surface area (Å²) in [5, 5.41) is 12.0. The van der Waals surface area contributed by atoms with Gasteiger partial charge in [0, 0.05) is 19.6 Å². The predicted octanol–water partition coefficient (Wildman–Crippen LogP) is 1.55. The lowest BCUT2D eigenvalue weighted by atomic mass is 10.3. The number of nitrogens with one attached hydrogen (secondary N) is 1. The van der Waals surface area contributed by atoms with E-state index in [1.54, 1.807) is 0 Å². The first-order valence-corrected chi connectivity index (χ1v) is 6.26. The molecule has 0 bridgehead atoms. The fourth-order valence-electron chi connectivity index (χ4n) is 1.84. The molecule has 2 N–H and O–H groups in total. The van der Waals surface area contributed by atoms with Gasteiger partial charge in [0.25, 0.3) is 6.01 Å². The largest absolute Gasteiger partial charge is 0.424 e. The zero-order valence-electron chi connectivity index (χ0n) is 10.6. The molecule has 0 unspecified atom stereocenters. The van der Waals surface area contributed by atoms with E-state index in [9.17, 15) is 0 Å². The molecule has 18 heavy (non-hydrogen) atoms. The molecule has 0 saturated heterocycles. The molecule has 1 heterocycles. The zero-order valence-corrected chi connectivity index (χ0v) is 10.6. The number of nitrogens with zero attached hydrogens (tertiary/aromatic N) is 2. The Morgan fingerprint density at radius 2 is 2.17 bits per heavy atom. The normalized spacial score (nSPS) is 11.3. The van der Waals surface area contributed by atoms with Crippen LogP contribution in [0.15, 0.2) is 28.7 Å². The highest BCUT2D eigenvalue weighted by atomic mass is 16.4. The molecule has 0 aliphatic rings. The Labute approximate surface area is 106 Å².